The Bertz CT molecular complexity index is 673. The largest absolute Gasteiger partial charge is 0.475 e. The summed E-state index contributed by atoms with van der Waals surface area (Å²) in [5.74, 6) is 0.840. The van der Waals surface area contributed by atoms with Gasteiger partial charge in [0.15, 0.2) is 11.5 Å². The number of benzene rings is 1. The van der Waals surface area contributed by atoms with Crippen LogP contribution in [0.5, 0.6) is 11.5 Å². The minimum absolute atomic E-state index is 0.0748. The maximum atomic E-state index is 10.8. The van der Waals surface area contributed by atoms with E-state index in [-0.39, 0.29) is 19.2 Å². The van der Waals surface area contributed by atoms with Crippen LogP contribution in [0, 0.1) is 6.92 Å². The van der Waals surface area contributed by atoms with Crippen LogP contribution in [-0.4, -0.2) is 17.9 Å². The van der Waals surface area contributed by atoms with Gasteiger partial charge in [-0.15, -0.1) is 0 Å². The fourth-order valence-corrected chi connectivity index (χ4v) is 2.08. The molecular weight excluding hydrogens is 276 g/mol. The van der Waals surface area contributed by atoms with E-state index in [0.717, 1.165) is 16.9 Å². The number of hydrogen-bond donors (Lipinski definition) is 1. The average Bonchev–Trinajstić information content (AvgIpc) is 3.05. The Balaban J connectivity index is 1.60. The first-order valence-corrected chi connectivity index (χ1v) is 6.42. The Morgan fingerprint density at radius 1 is 1.24 bits per heavy atom. The highest BCUT2D eigenvalue weighted by Crippen LogP contribution is 2.32. The van der Waals surface area contributed by atoms with E-state index in [1.54, 1.807) is 6.92 Å². The molecule has 6 nitrogen and oxygen atoms in total. The Hall–Kier alpha value is -2.47. The predicted molar refractivity (Wildman–Crippen MR) is 71.5 cm³/mol. The van der Waals surface area contributed by atoms with Crippen LogP contribution in [0.15, 0.2) is 28.7 Å². The van der Waals surface area contributed by atoms with Gasteiger partial charge in [0.05, 0.1) is 13.2 Å². The lowest BCUT2D eigenvalue weighted by Gasteiger charge is -2.04. The lowest BCUT2D eigenvalue weighted by molar-refractivity contribution is 0.0661. The predicted octanol–water partition coefficient (Wildman–Crippen LogP) is 2.73. The summed E-state index contributed by atoms with van der Waals surface area (Å²) in [6, 6.07) is 7.09. The number of furan rings is 1. The fourth-order valence-electron chi connectivity index (χ4n) is 2.08. The molecule has 3 rings (SSSR count). The van der Waals surface area contributed by atoms with E-state index < -0.39 is 5.97 Å². The first-order valence-electron chi connectivity index (χ1n) is 6.42. The summed E-state index contributed by atoms with van der Waals surface area (Å²) in [5.41, 5.74) is 1.69. The van der Waals surface area contributed by atoms with E-state index in [4.69, 9.17) is 23.7 Å². The van der Waals surface area contributed by atoms with Gasteiger partial charge in [-0.1, -0.05) is 6.07 Å². The third-order valence-corrected chi connectivity index (χ3v) is 3.19. The lowest BCUT2D eigenvalue weighted by atomic mass is 10.2. The maximum absolute atomic E-state index is 10.8. The molecule has 1 aliphatic rings. The van der Waals surface area contributed by atoms with Gasteiger partial charge in [-0.05, 0) is 30.7 Å². The third kappa shape index (κ3) is 2.85. The molecule has 0 saturated carbocycles. The van der Waals surface area contributed by atoms with Gasteiger partial charge in [0, 0.05) is 5.56 Å². The van der Waals surface area contributed by atoms with Crippen molar-refractivity contribution in [1.82, 2.24) is 0 Å². The number of carboxylic acid groups (broad SMARTS) is 1. The van der Waals surface area contributed by atoms with Crippen LogP contribution in [-0.2, 0) is 18.0 Å². The maximum Gasteiger partial charge on any atom is 0.371 e. The van der Waals surface area contributed by atoms with E-state index >= 15 is 0 Å². The molecule has 110 valence electrons. The van der Waals surface area contributed by atoms with Gasteiger partial charge in [-0.25, -0.2) is 4.79 Å². The van der Waals surface area contributed by atoms with Crippen LogP contribution in [0.4, 0.5) is 0 Å². The third-order valence-electron chi connectivity index (χ3n) is 3.19. The second-order valence-corrected chi connectivity index (χ2v) is 4.68. The van der Waals surface area contributed by atoms with Crippen LogP contribution < -0.4 is 9.47 Å². The molecule has 0 radical (unpaired) electrons. The second kappa shape index (κ2) is 5.49. The minimum atomic E-state index is -1.08. The van der Waals surface area contributed by atoms with E-state index in [2.05, 4.69) is 0 Å². The number of aromatic carboxylic acids is 1. The molecule has 0 amide bonds. The van der Waals surface area contributed by atoms with Gasteiger partial charge >= 0.3 is 5.97 Å². The van der Waals surface area contributed by atoms with E-state index in [1.807, 2.05) is 18.2 Å². The summed E-state index contributed by atoms with van der Waals surface area (Å²) < 4.78 is 21.2. The molecule has 0 unspecified atom stereocenters. The summed E-state index contributed by atoms with van der Waals surface area (Å²) in [7, 11) is 0. The Labute approximate surface area is 120 Å². The topological polar surface area (TPSA) is 78.1 Å². The molecule has 0 bridgehead atoms. The molecule has 2 heterocycles. The fraction of sp³-hybridized carbons (Fsp3) is 0.267. The molecule has 0 saturated heterocycles. The second-order valence-electron chi connectivity index (χ2n) is 4.68. The van der Waals surface area contributed by atoms with Crippen molar-refractivity contribution in [2.75, 3.05) is 6.79 Å². The van der Waals surface area contributed by atoms with Gasteiger partial charge in [0.25, 0.3) is 0 Å². The van der Waals surface area contributed by atoms with E-state index in [9.17, 15) is 4.79 Å². The molecule has 6 heteroatoms. The molecule has 2 aromatic rings. The van der Waals surface area contributed by atoms with Crippen molar-refractivity contribution < 1.29 is 28.5 Å². The normalized spacial score (nSPS) is 12.6. The van der Waals surface area contributed by atoms with E-state index in [0.29, 0.717) is 18.1 Å². The summed E-state index contributed by atoms with van der Waals surface area (Å²) in [4.78, 5) is 10.8. The van der Waals surface area contributed by atoms with Crippen LogP contribution in [0.2, 0.25) is 0 Å². The van der Waals surface area contributed by atoms with Gasteiger partial charge in [-0.2, -0.15) is 0 Å². The average molecular weight is 290 g/mol. The first kappa shape index (κ1) is 13.5. The standard InChI is InChI=1S/C15H14O6/c1-9-11(5-14(21-9)15(16)17)7-18-6-10-2-3-12-13(4-10)20-8-19-12/h2-5H,6-8H2,1H3,(H,16,17). The highest BCUT2D eigenvalue weighted by atomic mass is 16.7. The van der Waals surface area contributed by atoms with Crippen molar-refractivity contribution >= 4 is 5.97 Å². The Morgan fingerprint density at radius 2 is 2.05 bits per heavy atom. The van der Waals surface area contributed by atoms with Crippen molar-refractivity contribution in [3.8, 4) is 11.5 Å². The zero-order chi connectivity index (χ0) is 14.8. The Kier molecular flexibility index (Phi) is 3.53. The monoisotopic (exact) mass is 290 g/mol. The van der Waals surface area contributed by atoms with Crippen molar-refractivity contribution in [2.24, 2.45) is 0 Å². The highest BCUT2D eigenvalue weighted by Gasteiger charge is 2.15. The Morgan fingerprint density at radius 3 is 2.81 bits per heavy atom. The van der Waals surface area contributed by atoms with E-state index in [1.165, 1.54) is 6.07 Å². The summed E-state index contributed by atoms with van der Waals surface area (Å²) in [6.07, 6.45) is 0. The van der Waals surface area contributed by atoms with Gasteiger partial charge in [0.2, 0.25) is 12.6 Å². The molecule has 1 aromatic heterocycles. The van der Waals surface area contributed by atoms with Crippen LogP contribution >= 0.6 is 0 Å². The van der Waals surface area contributed by atoms with Crippen LogP contribution in [0.1, 0.15) is 27.4 Å². The van der Waals surface area contributed by atoms with Crippen LogP contribution in [0.3, 0.4) is 0 Å². The molecule has 1 aliphatic heterocycles. The SMILES string of the molecule is Cc1oc(C(=O)O)cc1COCc1ccc2c(c1)OCO2. The van der Waals surface area contributed by atoms with Crippen molar-refractivity contribution in [3.05, 3.63) is 46.9 Å². The zero-order valence-corrected chi connectivity index (χ0v) is 11.4. The molecule has 0 aliphatic carbocycles. The lowest BCUT2D eigenvalue weighted by Crippen LogP contribution is -1.95. The van der Waals surface area contributed by atoms with Gasteiger partial charge < -0.3 is 23.7 Å². The smallest absolute Gasteiger partial charge is 0.371 e. The molecule has 1 N–H and O–H groups in total. The number of carbonyl (C=O) groups is 1. The first-order chi connectivity index (χ1) is 10.1. The van der Waals surface area contributed by atoms with Gasteiger partial charge in [-0.3, -0.25) is 0 Å². The number of aryl methyl sites for hydroxylation is 1. The quantitative estimate of drug-likeness (QED) is 0.912. The highest BCUT2D eigenvalue weighted by molar-refractivity contribution is 5.84. The molecule has 0 fully saturated rings. The molecule has 0 atom stereocenters. The summed E-state index contributed by atoms with van der Waals surface area (Å²) >= 11 is 0. The number of hydrogen-bond acceptors (Lipinski definition) is 5. The minimum Gasteiger partial charge on any atom is -0.475 e. The van der Waals surface area contributed by atoms with Crippen molar-refractivity contribution in [1.29, 1.82) is 0 Å². The van der Waals surface area contributed by atoms with Crippen molar-refractivity contribution in [2.45, 2.75) is 20.1 Å². The summed E-state index contributed by atoms with van der Waals surface area (Å²) in [6.45, 7) is 2.64. The number of fused-ring (bicyclic) bond motifs is 1. The number of rotatable bonds is 5. The molecule has 21 heavy (non-hydrogen) atoms. The van der Waals surface area contributed by atoms with Crippen molar-refractivity contribution in [3.63, 3.8) is 0 Å². The molecule has 0 spiro atoms. The molecular formula is C15H14O6. The molecule has 1 aromatic carbocycles. The zero-order valence-electron chi connectivity index (χ0n) is 11.4. The number of ether oxygens (including phenoxy) is 3. The van der Waals surface area contributed by atoms with Gasteiger partial charge in [0.1, 0.15) is 5.76 Å². The summed E-state index contributed by atoms with van der Waals surface area (Å²) in [5, 5.41) is 8.86. The van der Waals surface area contributed by atoms with Crippen LogP contribution in [0.25, 0.3) is 0 Å². The number of carboxylic acids is 1.